The molecule has 0 saturated carbocycles. The molecule has 25 heavy (non-hydrogen) atoms. The van der Waals surface area contributed by atoms with Crippen molar-refractivity contribution in [2.24, 2.45) is 0 Å². The van der Waals surface area contributed by atoms with Crippen LogP contribution < -0.4 is 9.47 Å². The summed E-state index contributed by atoms with van der Waals surface area (Å²) in [6, 6.07) is 12.1. The van der Waals surface area contributed by atoms with Crippen LogP contribution in [0.3, 0.4) is 0 Å². The van der Waals surface area contributed by atoms with Crippen molar-refractivity contribution < 1.29 is 23.0 Å². The van der Waals surface area contributed by atoms with Crippen LogP contribution in [0.25, 0.3) is 0 Å². The third-order valence-electron chi connectivity index (χ3n) is 3.71. The van der Waals surface area contributed by atoms with Crippen LogP contribution >= 0.6 is 15.9 Å². The molecule has 0 bridgehead atoms. The average molecular weight is 412 g/mol. The topological polar surface area (TPSA) is 38.8 Å². The molecule has 132 valence electrons. The van der Waals surface area contributed by atoms with Crippen molar-refractivity contribution in [3.63, 3.8) is 0 Å². The van der Waals surface area contributed by atoms with Gasteiger partial charge in [0.15, 0.2) is 11.5 Å². The average Bonchev–Trinajstić information content (AvgIpc) is 2.61. The molecule has 1 amide bonds. The molecule has 0 aliphatic carbocycles. The first-order chi connectivity index (χ1) is 12.0. The second-order valence-corrected chi connectivity index (χ2v) is 6.40. The van der Waals surface area contributed by atoms with Gasteiger partial charge >= 0.3 is 0 Å². The highest BCUT2D eigenvalue weighted by molar-refractivity contribution is 9.10. The quantitative estimate of drug-likeness (QED) is 0.742. The van der Waals surface area contributed by atoms with Crippen molar-refractivity contribution in [3.05, 3.63) is 58.1 Å². The van der Waals surface area contributed by atoms with Gasteiger partial charge in [-0.15, -0.1) is 0 Å². The first-order valence-corrected chi connectivity index (χ1v) is 8.54. The van der Waals surface area contributed by atoms with Gasteiger partial charge in [-0.1, -0.05) is 30.3 Å². The maximum Gasteiger partial charge on any atom is 0.255 e. The van der Waals surface area contributed by atoms with Crippen LogP contribution in [0.2, 0.25) is 0 Å². The number of benzene rings is 2. The molecule has 4 nitrogen and oxygen atoms in total. The summed E-state index contributed by atoms with van der Waals surface area (Å²) >= 11 is 3.34. The molecule has 3 rings (SSSR count). The van der Waals surface area contributed by atoms with Gasteiger partial charge in [0.1, 0.15) is 13.2 Å². The fourth-order valence-electron chi connectivity index (χ4n) is 2.61. The van der Waals surface area contributed by atoms with E-state index < -0.39 is 18.9 Å². The normalized spacial score (nSPS) is 13.0. The lowest BCUT2D eigenvalue weighted by Gasteiger charge is -2.24. The van der Waals surface area contributed by atoms with Gasteiger partial charge in [0.05, 0.1) is 11.0 Å². The minimum Gasteiger partial charge on any atom is -0.486 e. The summed E-state index contributed by atoms with van der Waals surface area (Å²) < 4.78 is 37.5. The van der Waals surface area contributed by atoms with Crippen LogP contribution in [0.1, 0.15) is 15.9 Å². The first-order valence-electron chi connectivity index (χ1n) is 7.75. The Balaban J connectivity index is 1.88. The van der Waals surface area contributed by atoms with E-state index in [0.29, 0.717) is 29.2 Å². The van der Waals surface area contributed by atoms with Crippen molar-refractivity contribution in [1.29, 1.82) is 0 Å². The maximum atomic E-state index is 13.0. The SMILES string of the molecule is O=C(c1cc(Br)c2c(c1)OCCO2)N(Cc1ccccc1)CC(F)F. The third-order valence-corrected chi connectivity index (χ3v) is 4.29. The standard InChI is InChI=1S/C18H16BrF2NO3/c19-14-8-13(9-15-17(14)25-7-6-24-15)18(23)22(11-16(20)21)10-12-4-2-1-3-5-12/h1-5,8-9,16H,6-7,10-11H2. The van der Waals surface area contributed by atoms with Gasteiger partial charge in [-0.05, 0) is 33.6 Å². The second kappa shape index (κ2) is 7.82. The Hall–Kier alpha value is -2.15. The predicted octanol–water partition coefficient (Wildman–Crippen LogP) is 4.13. The van der Waals surface area contributed by atoms with Gasteiger partial charge in [0.25, 0.3) is 12.3 Å². The number of hydrogen-bond donors (Lipinski definition) is 0. The molecule has 0 unspecified atom stereocenters. The van der Waals surface area contributed by atoms with Crippen LogP contribution in [0, 0.1) is 0 Å². The molecule has 0 radical (unpaired) electrons. The molecule has 0 fully saturated rings. The maximum absolute atomic E-state index is 13.0. The van der Waals surface area contributed by atoms with Crippen LogP contribution in [0.4, 0.5) is 8.78 Å². The molecule has 0 atom stereocenters. The summed E-state index contributed by atoms with van der Waals surface area (Å²) in [5.74, 6) is 0.466. The Morgan fingerprint density at radius 3 is 2.60 bits per heavy atom. The monoisotopic (exact) mass is 411 g/mol. The summed E-state index contributed by atoms with van der Waals surface area (Å²) in [4.78, 5) is 13.9. The van der Waals surface area contributed by atoms with E-state index >= 15 is 0 Å². The largest absolute Gasteiger partial charge is 0.486 e. The van der Waals surface area contributed by atoms with Gasteiger partial charge in [-0.3, -0.25) is 4.79 Å². The number of carbonyl (C=O) groups is 1. The Labute approximate surface area is 152 Å². The molecule has 1 aliphatic rings. The molecule has 2 aromatic carbocycles. The van der Waals surface area contributed by atoms with E-state index in [1.54, 1.807) is 30.3 Å². The lowest BCUT2D eigenvalue weighted by atomic mass is 10.1. The van der Waals surface area contributed by atoms with Crippen molar-refractivity contribution in [2.75, 3.05) is 19.8 Å². The fourth-order valence-corrected chi connectivity index (χ4v) is 3.16. The molecule has 0 aromatic heterocycles. The zero-order chi connectivity index (χ0) is 17.8. The highest BCUT2D eigenvalue weighted by atomic mass is 79.9. The molecular weight excluding hydrogens is 396 g/mol. The van der Waals surface area contributed by atoms with Crippen LogP contribution in [-0.2, 0) is 6.54 Å². The van der Waals surface area contributed by atoms with Gasteiger partial charge in [0, 0.05) is 12.1 Å². The molecule has 2 aromatic rings. The van der Waals surface area contributed by atoms with Crippen LogP contribution in [0.15, 0.2) is 46.9 Å². The minimum absolute atomic E-state index is 0.107. The number of amides is 1. The summed E-state index contributed by atoms with van der Waals surface area (Å²) in [6.45, 7) is 0.266. The molecule has 7 heteroatoms. The van der Waals surface area contributed by atoms with Crippen molar-refractivity contribution in [2.45, 2.75) is 13.0 Å². The van der Waals surface area contributed by atoms with E-state index in [9.17, 15) is 13.6 Å². The van der Waals surface area contributed by atoms with Gasteiger partial charge < -0.3 is 14.4 Å². The number of rotatable bonds is 5. The zero-order valence-corrected chi connectivity index (χ0v) is 14.8. The van der Waals surface area contributed by atoms with Gasteiger partial charge in [0.2, 0.25) is 0 Å². The lowest BCUT2D eigenvalue weighted by Crippen LogP contribution is -2.34. The summed E-state index contributed by atoms with van der Waals surface area (Å²) in [6.07, 6.45) is -2.62. The number of fused-ring (bicyclic) bond motifs is 1. The number of ether oxygens (including phenoxy) is 2. The Bertz CT molecular complexity index is 755. The number of halogens is 3. The third kappa shape index (κ3) is 4.28. The lowest BCUT2D eigenvalue weighted by molar-refractivity contribution is 0.0534. The van der Waals surface area contributed by atoms with E-state index in [2.05, 4.69) is 15.9 Å². The molecule has 1 heterocycles. The predicted molar refractivity (Wildman–Crippen MR) is 92.3 cm³/mol. The second-order valence-electron chi connectivity index (χ2n) is 5.54. The highest BCUT2D eigenvalue weighted by Crippen LogP contribution is 2.38. The van der Waals surface area contributed by atoms with Crippen LogP contribution in [-0.4, -0.2) is 37.0 Å². The molecule has 1 aliphatic heterocycles. The van der Waals surface area contributed by atoms with Gasteiger partial charge in [-0.2, -0.15) is 0 Å². The van der Waals surface area contributed by atoms with Crippen molar-refractivity contribution in [3.8, 4) is 11.5 Å². The van der Waals surface area contributed by atoms with E-state index in [-0.39, 0.29) is 12.1 Å². The molecule has 0 N–H and O–H groups in total. The summed E-state index contributed by atoms with van der Waals surface area (Å²) in [7, 11) is 0. The zero-order valence-electron chi connectivity index (χ0n) is 13.3. The fraction of sp³-hybridized carbons (Fsp3) is 0.278. The molecule has 0 spiro atoms. The van der Waals surface area contributed by atoms with E-state index in [1.165, 1.54) is 6.07 Å². The first kappa shape index (κ1) is 17.7. The Morgan fingerprint density at radius 1 is 1.16 bits per heavy atom. The Morgan fingerprint density at radius 2 is 1.88 bits per heavy atom. The molecule has 0 saturated heterocycles. The van der Waals surface area contributed by atoms with Crippen molar-refractivity contribution in [1.82, 2.24) is 4.90 Å². The Kier molecular flexibility index (Phi) is 5.53. The highest BCUT2D eigenvalue weighted by Gasteiger charge is 2.24. The number of hydrogen-bond acceptors (Lipinski definition) is 3. The van der Waals surface area contributed by atoms with Gasteiger partial charge in [-0.25, -0.2) is 8.78 Å². The van der Waals surface area contributed by atoms with Crippen molar-refractivity contribution >= 4 is 21.8 Å². The van der Waals surface area contributed by atoms with Crippen LogP contribution in [0.5, 0.6) is 11.5 Å². The summed E-state index contributed by atoms with van der Waals surface area (Å²) in [5, 5.41) is 0. The molecular formula is C18H16BrF2NO3. The van der Waals surface area contributed by atoms with E-state index in [0.717, 1.165) is 10.5 Å². The number of nitrogens with zero attached hydrogens (tertiary/aromatic N) is 1. The van der Waals surface area contributed by atoms with E-state index in [4.69, 9.17) is 9.47 Å². The minimum atomic E-state index is -2.62. The number of carbonyl (C=O) groups excluding carboxylic acids is 1. The van der Waals surface area contributed by atoms with E-state index in [1.807, 2.05) is 6.07 Å². The smallest absolute Gasteiger partial charge is 0.255 e. The number of alkyl halides is 2. The summed E-state index contributed by atoms with van der Waals surface area (Å²) in [5.41, 5.74) is 1.06.